The number of aliphatic carboxylic acids is 1. The topological polar surface area (TPSA) is 57.5 Å². The molecule has 4 fully saturated rings. The van der Waals surface area contributed by atoms with Crippen molar-refractivity contribution in [2.75, 3.05) is 0 Å². The molecule has 4 rings (SSSR count). The molecule has 5 heteroatoms. The average molecular weight is 246 g/mol. The maximum Gasteiger partial charge on any atom is 0.377 e. The zero-order valence-electron chi connectivity index (χ0n) is 9.40. The molecule has 0 radical (unpaired) electrons. The Hall–Kier alpha value is -0.710. The lowest BCUT2D eigenvalue weighted by Crippen LogP contribution is -2.52. The number of aliphatic hydroxyl groups excluding tert-OH is 1. The van der Waals surface area contributed by atoms with Crippen molar-refractivity contribution >= 4 is 5.97 Å². The number of alkyl halides is 2. The lowest BCUT2D eigenvalue weighted by atomic mass is 9.65. The van der Waals surface area contributed by atoms with E-state index in [-0.39, 0.29) is 0 Å². The Bertz CT molecular complexity index is 349. The maximum absolute atomic E-state index is 13.5. The Labute approximate surface area is 97.8 Å². The molecular weight excluding hydrogens is 230 g/mol. The molecule has 0 aromatic rings. The summed E-state index contributed by atoms with van der Waals surface area (Å²) in [5, 5.41) is 18.4. The largest absolute Gasteiger partial charge is 0.477 e. The molecule has 3 unspecified atom stereocenters. The quantitative estimate of drug-likeness (QED) is 0.799. The number of carbonyl (C=O) groups is 1. The van der Waals surface area contributed by atoms with Crippen LogP contribution in [-0.2, 0) is 4.79 Å². The van der Waals surface area contributed by atoms with Gasteiger partial charge in [-0.2, -0.15) is 8.78 Å². The minimum Gasteiger partial charge on any atom is -0.477 e. The van der Waals surface area contributed by atoms with Gasteiger partial charge in [0.1, 0.15) is 6.10 Å². The minimum absolute atomic E-state index is 0.423. The van der Waals surface area contributed by atoms with E-state index in [1.165, 1.54) is 0 Å². The molecule has 4 aliphatic rings. The van der Waals surface area contributed by atoms with Crippen molar-refractivity contribution in [3.05, 3.63) is 0 Å². The second-order valence-electron chi connectivity index (χ2n) is 6.16. The van der Waals surface area contributed by atoms with Gasteiger partial charge in [0.05, 0.1) is 0 Å². The monoisotopic (exact) mass is 246 g/mol. The Morgan fingerprint density at radius 1 is 1.24 bits per heavy atom. The summed E-state index contributed by atoms with van der Waals surface area (Å²) >= 11 is 0. The summed E-state index contributed by atoms with van der Waals surface area (Å²) in [5.74, 6) is -4.92. The van der Waals surface area contributed by atoms with Crippen LogP contribution in [0, 0.1) is 23.2 Å². The van der Waals surface area contributed by atoms with Crippen molar-refractivity contribution in [2.45, 2.75) is 44.1 Å². The van der Waals surface area contributed by atoms with Crippen molar-refractivity contribution < 1.29 is 23.8 Å². The fourth-order valence-electron chi connectivity index (χ4n) is 4.71. The Morgan fingerprint density at radius 2 is 1.76 bits per heavy atom. The van der Waals surface area contributed by atoms with Gasteiger partial charge in [-0.3, -0.25) is 0 Å². The van der Waals surface area contributed by atoms with Crippen LogP contribution in [0.4, 0.5) is 8.78 Å². The smallest absolute Gasteiger partial charge is 0.377 e. The Morgan fingerprint density at radius 3 is 2.18 bits per heavy atom. The molecule has 3 nitrogen and oxygen atoms in total. The first-order chi connectivity index (χ1) is 7.85. The molecule has 0 spiro atoms. The highest BCUT2D eigenvalue weighted by atomic mass is 19.3. The van der Waals surface area contributed by atoms with Crippen molar-refractivity contribution in [1.82, 2.24) is 0 Å². The predicted molar refractivity (Wildman–Crippen MR) is 54.6 cm³/mol. The molecule has 17 heavy (non-hydrogen) atoms. The summed E-state index contributed by atoms with van der Waals surface area (Å²) in [6, 6.07) is 0. The number of carboxylic acids is 1. The van der Waals surface area contributed by atoms with Crippen molar-refractivity contribution in [2.24, 2.45) is 23.2 Å². The van der Waals surface area contributed by atoms with Crippen LogP contribution in [0.25, 0.3) is 0 Å². The molecule has 4 aliphatic carbocycles. The van der Waals surface area contributed by atoms with Gasteiger partial charge in [0.2, 0.25) is 0 Å². The van der Waals surface area contributed by atoms with Gasteiger partial charge in [-0.15, -0.1) is 0 Å². The number of carboxylic acid groups (broad SMARTS) is 1. The van der Waals surface area contributed by atoms with Crippen LogP contribution >= 0.6 is 0 Å². The van der Waals surface area contributed by atoms with Crippen LogP contribution in [0.5, 0.6) is 0 Å². The highest BCUT2D eigenvalue weighted by Gasteiger charge is 2.65. The molecule has 2 N–H and O–H groups in total. The molecule has 0 aromatic carbocycles. The van der Waals surface area contributed by atoms with Gasteiger partial charge < -0.3 is 10.2 Å². The summed E-state index contributed by atoms with van der Waals surface area (Å²) < 4.78 is 26.9. The molecule has 4 saturated carbocycles. The van der Waals surface area contributed by atoms with E-state index in [4.69, 9.17) is 5.11 Å². The van der Waals surface area contributed by atoms with E-state index in [2.05, 4.69) is 0 Å². The number of halogens is 2. The third-order valence-electron chi connectivity index (χ3n) is 5.18. The van der Waals surface area contributed by atoms with E-state index >= 15 is 0 Å². The standard InChI is InChI=1S/C12H16F2O3/c13-12(14,10(16)17)9(15)11-3-6-1-7(4-11)8(2-6)5-11/h6-9,15H,1-5H2,(H,16,17). The van der Waals surface area contributed by atoms with Gasteiger partial charge in [-0.25, -0.2) is 4.79 Å². The first kappa shape index (κ1) is 11.4. The molecule has 96 valence electrons. The van der Waals surface area contributed by atoms with Gasteiger partial charge in [0, 0.05) is 5.41 Å². The van der Waals surface area contributed by atoms with Gasteiger partial charge in [0.15, 0.2) is 0 Å². The normalized spacial score (nSPS) is 45.2. The third kappa shape index (κ3) is 1.38. The lowest BCUT2D eigenvalue weighted by Gasteiger charge is -2.43. The van der Waals surface area contributed by atoms with Gasteiger partial charge in [-0.1, -0.05) is 0 Å². The van der Waals surface area contributed by atoms with Crippen LogP contribution in [-0.4, -0.2) is 28.2 Å². The zero-order valence-corrected chi connectivity index (χ0v) is 9.40. The number of hydrogen-bond donors (Lipinski definition) is 2. The molecule has 4 bridgehead atoms. The first-order valence-corrected chi connectivity index (χ1v) is 6.14. The van der Waals surface area contributed by atoms with E-state index in [1.54, 1.807) is 0 Å². The van der Waals surface area contributed by atoms with Crippen LogP contribution in [0.2, 0.25) is 0 Å². The molecule has 0 saturated heterocycles. The molecule has 3 atom stereocenters. The molecule has 0 aliphatic heterocycles. The number of rotatable bonds is 3. The fraction of sp³-hybridized carbons (Fsp3) is 0.917. The van der Waals surface area contributed by atoms with E-state index in [0.717, 1.165) is 12.8 Å². The SMILES string of the molecule is O=C(O)C(F)(F)C(O)C12CC3CC(C1)C(C3)C2. The second kappa shape index (κ2) is 3.19. The first-order valence-electron chi connectivity index (χ1n) is 6.14. The Kier molecular flexibility index (Phi) is 2.14. The highest BCUT2D eigenvalue weighted by Crippen LogP contribution is 2.66. The van der Waals surface area contributed by atoms with E-state index in [1.807, 2.05) is 0 Å². The van der Waals surface area contributed by atoms with E-state index in [0.29, 0.717) is 37.0 Å². The van der Waals surface area contributed by atoms with E-state index in [9.17, 15) is 18.7 Å². The number of hydrogen-bond acceptors (Lipinski definition) is 2. The molecule has 0 aromatic heterocycles. The van der Waals surface area contributed by atoms with Gasteiger partial charge >= 0.3 is 11.9 Å². The van der Waals surface area contributed by atoms with Crippen molar-refractivity contribution in [3.63, 3.8) is 0 Å². The summed E-state index contributed by atoms with van der Waals surface area (Å²) in [4.78, 5) is 10.6. The van der Waals surface area contributed by atoms with Crippen molar-refractivity contribution in [1.29, 1.82) is 0 Å². The number of aliphatic hydroxyl groups is 1. The maximum atomic E-state index is 13.5. The van der Waals surface area contributed by atoms with Crippen LogP contribution in [0.1, 0.15) is 32.1 Å². The van der Waals surface area contributed by atoms with Crippen LogP contribution < -0.4 is 0 Å². The summed E-state index contributed by atoms with van der Waals surface area (Å²) in [6.07, 6.45) is 1.87. The molecule has 0 amide bonds. The summed E-state index contributed by atoms with van der Waals surface area (Å²) in [6.45, 7) is 0. The van der Waals surface area contributed by atoms with Crippen molar-refractivity contribution in [3.8, 4) is 0 Å². The summed E-state index contributed by atoms with van der Waals surface area (Å²) in [7, 11) is 0. The Balaban J connectivity index is 1.88. The van der Waals surface area contributed by atoms with Crippen LogP contribution in [0.15, 0.2) is 0 Å². The van der Waals surface area contributed by atoms with Gasteiger partial charge in [0.25, 0.3) is 0 Å². The third-order valence-corrected chi connectivity index (χ3v) is 5.18. The highest BCUT2D eigenvalue weighted by molar-refractivity contribution is 5.76. The zero-order chi connectivity index (χ0) is 12.4. The molecular formula is C12H16F2O3. The lowest BCUT2D eigenvalue weighted by molar-refractivity contribution is -0.203. The minimum atomic E-state index is -4.02. The molecule has 0 heterocycles. The summed E-state index contributed by atoms with van der Waals surface area (Å²) in [5.41, 5.74) is -0.835. The fourth-order valence-corrected chi connectivity index (χ4v) is 4.71. The average Bonchev–Trinajstić information content (AvgIpc) is 2.65. The van der Waals surface area contributed by atoms with E-state index < -0.39 is 23.4 Å². The van der Waals surface area contributed by atoms with Gasteiger partial charge in [-0.05, 0) is 49.9 Å². The predicted octanol–water partition coefficient (Wildman–Crippen LogP) is 1.89. The second-order valence-corrected chi connectivity index (χ2v) is 6.16. The van der Waals surface area contributed by atoms with Crippen LogP contribution in [0.3, 0.4) is 0 Å².